The summed E-state index contributed by atoms with van der Waals surface area (Å²) in [5.41, 5.74) is 0. The first-order valence-electron chi connectivity index (χ1n) is 17.6. The van der Waals surface area contributed by atoms with E-state index in [0.29, 0.717) is 6.54 Å². The number of hydrogen-bond donors (Lipinski definition) is 0. The second-order valence-electron chi connectivity index (χ2n) is 12.0. The zero-order valence-corrected chi connectivity index (χ0v) is 26.1. The molecule has 0 atom stereocenters. The van der Waals surface area contributed by atoms with Crippen LogP contribution in [0.3, 0.4) is 0 Å². The lowest BCUT2D eigenvalue weighted by molar-refractivity contribution is -0.454. The lowest BCUT2D eigenvalue weighted by atomic mass is 10.0. The van der Waals surface area contributed by atoms with Crippen LogP contribution in [0, 0.1) is 5.21 Å². The molecule has 0 aliphatic rings. The van der Waals surface area contributed by atoms with Crippen LogP contribution < -0.4 is 0 Å². The van der Waals surface area contributed by atoms with Gasteiger partial charge in [-0.1, -0.05) is 187 Å². The molecule has 0 amide bonds. The molecule has 0 rings (SSSR count). The Bertz CT molecular complexity index is 433. The number of hydrogen-bond acceptors (Lipinski definition) is 1. The molecule has 2 nitrogen and oxygen atoms in total. The first-order valence-corrected chi connectivity index (χ1v) is 17.6. The highest BCUT2D eigenvalue weighted by atomic mass is 16.5. The van der Waals surface area contributed by atoms with E-state index in [1.165, 1.54) is 191 Å². The molecule has 0 bridgehead atoms. The van der Waals surface area contributed by atoms with Crippen molar-refractivity contribution in [2.45, 2.75) is 213 Å². The smallest absolute Gasteiger partial charge is 0.153 e. The van der Waals surface area contributed by atoms with Crippen molar-refractivity contribution in [3.05, 3.63) is 5.21 Å². The molecule has 0 unspecified atom stereocenters. The van der Waals surface area contributed by atoms with Gasteiger partial charge in [0.15, 0.2) is 12.8 Å². The van der Waals surface area contributed by atoms with Gasteiger partial charge in [-0.3, -0.25) is 0 Å². The minimum Gasteiger partial charge on any atom is -0.624 e. The van der Waals surface area contributed by atoms with E-state index >= 15 is 0 Å². The minimum absolute atomic E-state index is 0.705. The maximum absolute atomic E-state index is 12.0. The largest absolute Gasteiger partial charge is 0.624 e. The number of hydroxylamine groups is 1. The zero-order chi connectivity index (χ0) is 26.9. The van der Waals surface area contributed by atoms with E-state index in [1.54, 1.807) is 0 Å². The fourth-order valence-corrected chi connectivity index (χ4v) is 5.48. The summed E-state index contributed by atoms with van der Waals surface area (Å²) in [4.78, 5) is 0. The van der Waals surface area contributed by atoms with Crippen molar-refractivity contribution in [1.82, 2.24) is 0 Å². The van der Waals surface area contributed by atoms with Crippen molar-refractivity contribution >= 4 is 6.21 Å². The fourth-order valence-electron chi connectivity index (χ4n) is 5.48. The molecule has 0 spiro atoms. The molecule has 0 saturated heterocycles. The third kappa shape index (κ3) is 33.4. The van der Waals surface area contributed by atoms with Crippen LogP contribution in [0.4, 0.5) is 0 Å². The molecule has 0 radical (unpaired) electrons. The quantitative estimate of drug-likeness (QED) is 0.0284. The SMILES string of the molecule is CCCCCCCCCCCCCCCCCC=[N+]([O-])CCCCCCCCCCCCCCCCC. The van der Waals surface area contributed by atoms with Crippen LogP contribution in [0.5, 0.6) is 0 Å². The molecular weight excluding hydrogens is 450 g/mol. The zero-order valence-electron chi connectivity index (χ0n) is 26.1. The van der Waals surface area contributed by atoms with Crippen molar-refractivity contribution in [3.8, 4) is 0 Å². The highest BCUT2D eigenvalue weighted by molar-refractivity contribution is 5.50. The molecule has 2 heteroatoms. The molecule has 0 aromatic heterocycles. The van der Waals surface area contributed by atoms with Gasteiger partial charge in [-0.2, -0.15) is 0 Å². The third-order valence-corrected chi connectivity index (χ3v) is 8.12. The van der Waals surface area contributed by atoms with Crippen molar-refractivity contribution in [1.29, 1.82) is 0 Å². The fraction of sp³-hybridized carbons (Fsp3) is 0.971. The van der Waals surface area contributed by atoms with Gasteiger partial charge in [0.25, 0.3) is 0 Å². The van der Waals surface area contributed by atoms with Gasteiger partial charge < -0.3 is 5.21 Å². The Morgan fingerprint density at radius 3 is 0.892 bits per heavy atom. The van der Waals surface area contributed by atoms with Gasteiger partial charge in [0.2, 0.25) is 0 Å². The Balaban J connectivity index is 3.21. The van der Waals surface area contributed by atoms with Gasteiger partial charge in [-0.05, 0) is 12.8 Å². The van der Waals surface area contributed by atoms with E-state index in [-0.39, 0.29) is 0 Å². The second-order valence-corrected chi connectivity index (χ2v) is 12.0. The van der Waals surface area contributed by atoms with Crippen LogP contribution in [0.25, 0.3) is 0 Å². The normalized spacial score (nSPS) is 12.0. The molecule has 0 aromatic rings. The van der Waals surface area contributed by atoms with E-state index in [0.717, 1.165) is 12.8 Å². The second kappa shape index (κ2) is 33.5. The van der Waals surface area contributed by atoms with Gasteiger partial charge in [-0.15, -0.1) is 0 Å². The van der Waals surface area contributed by atoms with Crippen LogP contribution in [-0.4, -0.2) is 17.5 Å². The first-order chi connectivity index (χ1) is 18.3. The van der Waals surface area contributed by atoms with Crippen LogP contribution in [-0.2, 0) is 0 Å². The monoisotopic (exact) mass is 522 g/mol. The van der Waals surface area contributed by atoms with E-state index in [1.807, 2.05) is 6.21 Å². The van der Waals surface area contributed by atoms with E-state index in [9.17, 15) is 5.21 Å². The Morgan fingerprint density at radius 2 is 0.595 bits per heavy atom. The first kappa shape index (κ1) is 36.5. The van der Waals surface area contributed by atoms with Gasteiger partial charge in [0.1, 0.15) is 0 Å². The highest BCUT2D eigenvalue weighted by Gasteiger charge is 1.98. The lowest BCUT2D eigenvalue weighted by Gasteiger charge is -2.05. The predicted octanol–water partition coefficient (Wildman–Crippen LogP) is 12.7. The molecule has 37 heavy (non-hydrogen) atoms. The highest BCUT2D eigenvalue weighted by Crippen LogP contribution is 2.15. The average molecular weight is 522 g/mol. The van der Waals surface area contributed by atoms with Gasteiger partial charge in [0, 0.05) is 12.8 Å². The van der Waals surface area contributed by atoms with Gasteiger partial charge in [0.05, 0.1) is 0 Å². The van der Waals surface area contributed by atoms with Crippen molar-refractivity contribution in [3.63, 3.8) is 0 Å². The van der Waals surface area contributed by atoms with Gasteiger partial charge in [-0.25, -0.2) is 4.74 Å². The Hall–Kier alpha value is -0.530. The standard InChI is InChI=1S/C35H71NO/c1-3-5-7-9-11-13-15-17-19-21-23-25-27-29-31-33-35-36(37)34-32-30-28-26-24-22-20-18-16-14-12-10-8-6-4-2/h35H,3-34H2,1-2H3. The summed E-state index contributed by atoms with van der Waals surface area (Å²) in [5, 5.41) is 12.0. The van der Waals surface area contributed by atoms with E-state index < -0.39 is 0 Å². The van der Waals surface area contributed by atoms with Crippen molar-refractivity contribution in [2.24, 2.45) is 0 Å². The molecule has 0 aliphatic carbocycles. The minimum atomic E-state index is 0.705. The van der Waals surface area contributed by atoms with Crippen LogP contribution in [0.2, 0.25) is 0 Å². The number of unbranched alkanes of at least 4 members (excludes halogenated alkanes) is 29. The van der Waals surface area contributed by atoms with Crippen LogP contribution in [0.1, 0.15) is 213 Å². The molecule has 0 heterocycles. The molecule has 0 saturated carbocycles. The maximum atomic E-state index is 12.0. The van der Waals surface area contributed by atoms with E-state index in [4.69, 9.17) is 0 Å². The molecule has 0 fully saturated rings. The number of rotatable bonds is 32. The lowest BCUT2D eigenvalue weighted by Crippen LogP contribution is -2.06. The molecule has 0 N–H and O–H groups in total. The summed E-state index contributed by atoms with van der Waals surface area (Å²) in [5.74, 6) is 0. The summed E-state index contributed by atoms with van der Waals surface area (Å²) in [6, 6.07) is 0. The molecule has 0 aliphatic heterocycles. The van der Waals surface area contributed by atoms with Gasteiger partial charge >= 0.3 is 0 Å². The predicted molar refractivity (Wildman–Crippen MR) is 169 cm³/mol. The van der Waals surface area contributed by atoms with Crippen molar-refractivity contribution in [2.75, 3.05) is 6.54 Å². The summed E-state index contributed by atoms with van der Waals surface area (Å²) in [6.45, 7) is 5.29. The van der Waals surface area contributed by atoms with Crippen LogP contribution >= 0.6 is 0 Å². The van der Waals surface area contributed by atoms with Crippen molar-refractivity contribution < 1.29 is 4.74 Å². The molecule has 222 valence electrons. The van der Waals surface area contributed by atoms with Crippen LogP contribution in [0.15, 0.2) is 0 Å². The Labute approximate surface area is 235 Å². The average Bonchev–Trinajstić information content (AvgIpc) is 2.90. The summed E-state index contributed by atoms with van der Waals surface area (Å²) < 4.78 is 1.21. The maximum Gasteiger partial charge on any atom is 0.153 e. The Morgan fingerprint density at radius 1 is 0.351 bits per heavy atom. The molecular formula is C35H71NO. The number of nitrogens with zero attached hydrogens (tertiary/aromatic N) is 1. The summed E-state index contributed by atoms with van der Waals surface area (Å²) >= 11 is 0. The summed E-state index contributed by atoms with van der Waals surface area (Å²) in [7, 11) is 0. The third-order valence-electron chi connectivity index (χ3n) is 8.12. The molecule has 0 aromatic carbocycles. The van der Waals surface area contributed by atoms with E-state index in [2.05, 4.69) is 13.8 Å². The topological polar surface area (TPSA) is 26.1 Å². The summed E-state index contributed by atoms with van der Waals surface area (Å²) in [6.07, 6.45) is 44.5. The Kier molecular flexibility index (Phi) is 33.0.